The summed E-state index contributed by atoms with van der Waals surface area (Å²) < 4.78 is 19.1. The van der Waals surface area contributed by atoms with Crippen molar-refractivity contribution in [2.45, 2.75) is 65.9 Å². The van der Waals surface area contributed by atoms with Crippen LogP contribution in [0, 0.1) is 0 Å². The molecular weight excluding hydrogens is 530 g/mol. The fraction of sp³-hybridized carbons (Fsp3) is 0.414. The van der Waals surface area contributed by atoms with Crippen LogP contribution in [0.25, 0.3) is 11.0 Å². The summed E-state index contributed by atoms with van der Waals surface area (Å²) in [6.45, 7) is 10.0. The first kappa shape index (κ1) is 31.1. The van der Waals surface area contributed by atoms with Gasteiger partial charge in [0.15, 0.2) is 0 Å². The van der Waals surface area contributed by atoms with E-state index in [0.29, 0.717) is 32.7 Å². The van der Waals surface area contributed by atoms with Crippen LogP contribution in [0.1, 0.15) is 52.9 Å². The fourth-order valence-corrected chi connectivity index (χ4v) is 3.64. The molecule has 3 amide bonds. The molecule has 12 nitrogen and oxygen atoms in total. The number of rotatable bonds is 7. The molecule has 0 atom stereocenters. The standard InChI is InChI=1S/C29H37N5O7/c1-28(2,3)40-26(36)34(27(37)41-29(4,5)6)25(30)19-14-15-22-21(16-19)31-23(18-39-20-12-10-9-11-13-20)33(22)17-24(35)32(7)38-8/h9-16,30H,17-18H2,1-8H3/p+1. The molecule has 2 aromatic carbocycles. The molecule has 41 heavy (non-hydrogen) atoms. The predicted octanol–water partition coefficient (Wildman–Crippen LogP) is 4.22. The molecule has 0 radical (unpaired) electrons. The summed E-state index contributed by atoms with van der Waals surface area (Å²) in [5.41, 5.74) is 5.98. The summed E-state index contributed by atoms with van der Waals surface area (Å²) in [6.07, 6.45) is -1.97. The van der Waals surface area contributed by atoms with E-state index in [1.807, 2.05) is 30.3 Å². The lowest BCUT2D eigenvalue weighted by Gasteiger charge is -2.21. The first-order valence-corrected chi connectivity index (χ1v) is 13.0. The second-order valence-electron chi connectivity index (χ2n) is 11.2. The summed E-state index contributed by atoms with van der Waals surface area (Å²) in [7, 11) is 2.91. The van der Waals surface area contributed by atoms with Gasteiger partial charge in [-0.2, -0.15) is 9.59 Å². The number of benzene rings is 2. The van der Waals surface area contributed by atoms with Crippen LogP contribution in [0.3, 0.4) is 0 Å². The number of fused-ring (bicyclic) bond motifs is 1. The van der Waals surface area contributed by atoms with Crippen molar-refractivity contribution in [3.05, 3.63) is 59.9 Å². The summed E-state index contributed by atoms with van der Waals surface area (Å²) in [5, 5.41) is 1.12. The van der Waals surface area contributed by atoms with Gasteiger partial charge >= 0.3 is 12.2 Å². The zero-order valence-corrected chi connectivity index (χ0v) is 24.8. The van der Waals surface area contributed by atoms with E-state index >= 15 is 0 Å². The third-order valence-corrected chi connectivity index (χ3v) is 5.55. The average Bonchev–Trinajstić information content (AvgIpc) is 3.21. The van der Waals surface area contributed by atoms with Crippen LogP contribution < -0.4 is 10.5 Å². The van der Waals surface area contributed by atoms with Gasteiger partial charge in [-0.3, -0.25) is 15.4 Å². The minimum Gasteiger partial charge on any atom is -0.486 e. The van der Waals surface area contributed by atoms with Gasteiger partial charge in [-0.25, -0.2) is 10.0 Å². The van der Waals surface area contributed by atoms with Crippen molar-refractivity contribution in [3.8, 4) is 5.75 Å². The maximum Gasteiger partial charge on any atom is 0.518 e. The third kappa shape index (κ3) is 8.27. The normalized spacial score (nSPS) is 11.6. The minimum atomic E-state index is -0.986. The van der Waals surface area contributed by atoms with Crippen LogP contribution in [0.4, 0.5) is 9.59 Å². The molecule has 0 saturated carbocycles. The Balaban J connectivity index is 2.11. The average molecular weight is 569 g/mol. The monoisotopic (exact) mass is 568 g/mol. The lowest BCUT2D eigenvalue weighted by Crippen LogP contribution is -2.43. The zero-order valence-electron chi connectivity index (χ0n) is 24.8. The number of aromatic nitrogens is 2. The van der Waals surface area contributed by atoms with Crippen LogP contribution in [0.2, 0.25) is 0 Å². The van der Waals surface area contributed by atoms with E-state index in [2.05, 4.69) is 4.98 Å². The molecule has 0 bridgehead atoms. The number of amidine groups is 1. The van der Waals surface area contributed by atoms with Crippen molar-refractivity contribution in [2.24, 2.45) is 5.73 Å². The Morgan fingerprint density at radius 2 is 1.54 bits per heavy atom. The molecule has 3 aromatic rings. The topological polar surface area (TPSA) is 138 Å². The smallest absolute Gasteiger partial charge is 0.486 e. The van der Waals surface area contributed by atoms with Crippen LogP contribution in [-0.4, -0.2) is 68.5 Å². The molecule has 1 heterocycles. The summed E-state index contributed by atoms with van der Waals surface area (Å²) in [4.78, 5) is 48.6. The molecule has 0 fully saturated rings. The molecule has 0 aliphatic rings. The molecule has 0 aliphatic carbocycles. The lowest BCUT2D eigenvalue weighted by molar-refractivity contribution is -0.380. The molecular formula is C29H38N5O7+. The SMILES string of the molecule is CON(C)C(=O)Cn1c(COc2ccccc2)nc2cc(C(N)=[N+](C(=O)OC(C)(C)C)C(=O)OC(C)(C)C)ccc21. The van der Waals surface area contributed by atoms with Crippen molar-refractivity contribution < 1.29 is 38.0 Å². The van der Waals surface area contributed by atoms with Crippen molar-refractivity contribution in [1.29, 1.82) is 0 Å². The number of imidazole rings is 1. The van der Waals surface area contributed by atoms with Gasteiger partial charge in [0.25, 0.3) is 11.7 Å². The summed E-state index contributed by atoms with van der Waals surface area (Å²) in [5.74, 6) is 0.579. The summed E-state index contributed by atoms with van der Waals surface area (Å²) >= 11 is 0. The molecule has 3 rings (SSSR count). The Morgan fingerprint density at radius 3 is 2.07 bits per heavy atom. The number of nitrogens with zero attached hydrogens (tertiary/aromatic N) is 4. The number of imide groups is 1. The molecule has 0 spiro atoms. The fourth-order valence-electron chi connectivity index (χ4n) is 3.64. The third-order valence-electron chi connectivity index (χ3n) is 5.55. The highest BCUT2D eigenvalue weighted by molar-refractivity contribution is 6.01. The number of ether oxygens (including phenoxy) is 3. The van der Waals surface area contributed by atoms with Gasteiger partial charge in [0.1, 0.15) is 35.9 Å². The van der Waals surface area contributed by atoms with E-state index in [-0.39, 0.29) is 24.9 Å². The number of carbonyl (C=O) groups excluding carboxylic acids is 3. The number of likely N-dealkylation sites (N-methyl/N-ethyl adjacent to an activating group) is 1. The molecule has 0 unspecified atom stereocenters. The summed E-state index contributed by atoms with van der Waals surface area (Å²) in [6, 6.07) is 14.1. The van der Waals surface area contributed by atoms with Crippen molar-refractivity contribution in [1.82, 2.24) is 14.6 Å². The number of hydroxylamine groups is 2. The Hall–Kier alpha value is -4.45. The Morgan fingerprint density at radius 1 is 0.951 bits per heavy atom. The van der Waals surface area contributed by atoms with Crippen LogP contribution in [0.15, 0.2) is 48.5 Å². The first-order valence-electron chi connectivity index (χ1n) is 13.0. The predicted molar refractivity (Wildman–Crippen MR) is 151 cm³/mol. The van der Waals surface area contributed by atoms with Gasteiger partial charge in [0.05, 0.1) is 23.7 Å². The Labute approximate surface area is 239 Å². The first-order chi connectivity index (χ1) is 19.1. The Kier molecular flexibility index (Phi) is 9.38. The number of hydrogen-bond acceptors (Lipinski definition) is 8. The van der Waals surface area contributed by atoms with Gasteiger partial charge in [0, 0.05) is 7.05 Å². The van der Waals surface area contributed by atoms with Gasteiger partial charge in [-0.1, -0.05) is 22.8 Å². The molecule has 220 valence electrons. The maximum atomic E-state index is 13.1. The van der Waals surface area contributed by atoms with Crippen molar-refractivity contribution >= 4 is 35.0 Å². The van der Waals surface area contributed by atoms with Crippen molar-refractivity contribution in [3.63, 3.8) is 0 Å². The molecule has 0 aliphatic heterocycles. The van der Waals surface area contributed by atoms with Gasteiger partial charge in [-0.15, -0.1) is 0 Å². The molecule has 12 heteroatoms. The number of hydrogen-bond donors (Lipinski definition) is 1. The second-order valence-corrected chi connectivity index (χ2v) is 11.2. The van der Waals surface area contributed by atoms with Crippen LogP contribution >= 0.6 is 0 Å². The minimum absolute atomic E-state index is 0.0686. The van der Waals surface area contributed by atoms with E-state index in [4.69, 9.17) is 24.8 Å². The Bertz CT molecular complexity index is 1420. The zero-order chi connectivity index (χ0) is 30.5. The lowest BCUT2D eigenvalue weighted by atomic mass is 10.1. The quantitative estimate of drug-likeness (QED) is 0.192. The maximum absolute atomic E-state index is 13.1. The number of para-hydroxylation sites is 1. The second kappa shape index (κ2) is 12.4. The van der Waals surface area contributed by atoms with Gasteiger partial charge in [-0.05, 0) is 71.9 Å². The van der Waals surface area contributed by atoms with Crippen LogP contribution in [0.5, 0.6) is 5.75 Å². The van der Waals surface area contributed by atoms with Crippen molar-refractivity contribution in [2.75, 3.05) is 14.2 Å². The van der Waals surface area contributed by atoms with Gasteiger partial charge in [0.2, 0.25) is 0 Å². The van der Waals surface area contributed by atoms with E-state index in [1.165, 1.54) is 14.2 Å². The van der Waals surface area contributed by atoms with Crippen LogP contribution in [-0.2, 0) is 32.3 Å². The highest BCUT2D eigenvalue weighted by atomic mass is 16.7. The molecule has 1 aromatic heterocycles. The van der Waals surface area contributed by atoms with E-state index in [9.17, 15) is 14.4 Å². The molecule has 2 N–H and O–H groups in total. The highest BCUT2D eigenvalue weighted by Gasteiger charge is 2.36. The number of carbonyl (C=O) groups is 3. The number of amides is 3. The van der Waals surface area contributed by atoms with E-state index < -0.39 is 23.4 Å². The van der Waals surface area contributed by atoms with Gasteiger partial charge < -0.3 is 18.8 Å². The molecule has 0 saturated heterocycles. The highest BCUT2D eigenvalue weighted by Crippen LogP contribution is 2.21. The largest absolute Gasteiger partial charge is 0.518 e. The number of nitrogens with two attached hydrogens (primary N) is 1. The van der Waals surface area contributed by atoms with E-state index in [1.54, 1.807) is 64.3 Å². The van der Waals surface area contributed by atoms with E-state index in [0.717, 1.165) is 5.06 Å².